The molecular weight excluding hydrogens is 431 g/mol. The van der Waals surface area contributed by atoms with Crippen LogP contribution in [0.4, 0.5) is 18.9 Å². The fraction of sp³-hybridized carbons (Fsp3) is 0.250. The smallest absolute Gasteiger partial charge is 0.495 e. The van der Waals surface area contributed by atoms with Crippen molar-refractivity contribution in [1.29, 1.82) is 0 Å². The third-order valence-electron chi connectivity index (χ3n) is 4.09. The minimum Gasteiger partial charge on any atom is -0.495 e. The van der Waals surface area contributed by atoms with Crippen LogP contribution in [-0.4, -0.2) is 46.3 Å². The molecule has 3 aromatic rings. The number of hydrogen-bond acceptors (Lipinski definition) is 7. The van der Waals surface area contributed by atoms with Gasteiger partial charge in [-0.05, 0) is 18.2 Å². The lowest BCUT2D eigenvalue weighted by molar-refractivity contribution is -0.116. The number of alkyl halides is 3. The number of fused-ring (bicyclic) bond motifs is 1. The maximum atomic E-state index is 12.8. The van der Waals surface area contributed by atoms with Gasteiger partial charge in [0.15, 0.2) is 5.65 Å². The van der Waals surface area contributed by atoms with Gasteiger partial charge in [0.05, 0.1) is 23.9 Å². The molecule has 30 heavy (non-hydrogen) atoms. The first kappa shape index (κ1) is 21.3. The number of aromatic nitrogens is 4. The number of halogens is 3. The predicted octanol–water partition coefficient (Wildman–Crippen LogP) is 1.07. The molecule has 0 aliphatic heterocycles. The summed E-state index contributed by atoms with van der Waals surface area (Å²) in [6.07, 6.45) is 2.40. The van der Waals surface area contributed by atoms with Gasteiger partial charge in [-0.1, -0.05) is 0 Å². The number of aryl methyl sites for hydroxylation is 1. The van der Waals surface area contributed by atoms with Crippen molar-refractivity contribution in [3.63, 3.8) is 0 Å². The van der Waals surface area contributed by atoms with Crippen molar-refractivity contribution >= 4 is 32.5 Å². The highest BCUT2D eigenvalue weighted by Gasteiger charge is 2.47. The SMILES string of the molecule is COc1ccc(S(=O)(=O)C(F)(F)F)cc1NC(=O)Cn1cnc2c(cnn2C)c1=O. The third kappa shape index (κ3) is 3.72. The van der Waals surface area contributed by atoms with Gasteiger partial charge in [-0.3, -0.25) is 18.8 Å². The Kier molecular flexibility index (Phi) is 5.28. The molecule has 160 valence electrons. The summed E-state index contributed by atoms with van der Waals surface area (Å²) in [5.41, 5.74) is -6.07. The second-order valence-corrected chi connectivity index (χ2v) is 7.98. The number of anilines is 1. The zero-order valence-corrected chi connectivity index (χ0v) is 16.3. The van der Waals surface area contributed by atoms with Crippen LogP contribution in [0.25, 0.3) is 11.0 Å². The zero-order valence-electron chi connectivity index (χ0n) is 15.5. The molecule has 14 heteroatoms. The first-order valence-electron chi connectivity index (χ1n) is 8.12. The molecule has 0 radical (unpaired) electrons. The molecular formula is C16H14F3N5O5S. The summed E-state index contributed by atoms with van der Waals surface area (Å²) in [7, 11) is -2.86. The van der Waals surface area contributed by atoms with E-state index in [1.807, 2.05) is 0 Å². The maximum absolute atomic E-state index is 12.8. The molecule has 0 atom stereocenters. The summed E-state index contributed by atoms with van der Waals surface area (Å²) in [6.45, 7) is -0.532. The summed E-state index contributed by atoms with van der Waals surface area (Å²) in [6, 6.07) is 2.32. The number of sulfone groups is 1. The fourth-order valence-electron chi connectivity index (χ4n) is 2.61. The molecule has 2 heterocycles. The van der Waals surface area contributed by atoms with Crippen molar-refractivity contribution in [2.45, 2.75) is 16.9 Å². The van der Waals surface area contributed by atoms with Crippen molar-refractivity contribution < 1.29 is 31.1 Å². The number of methoxy groups -OCH3 is 1. The van der Waals surface area contributed by atoms with E-state index in [0.29, 0.717) is 17.8 Å². The highest BCUT2D eigenvalue weighted by Crippen LogP contribution is 2.34. The van der Waals surface area contributed by atoms with E-state index in [1.165, 1.54) is 18.0 Å². The quantitative estimate of drug-likeness (QED) is 0.623. The topological polar surface area (TPSA) is 125 Å². The molecule has 1 aromatic carbocycles. The Morgan fingerprint density at radius 2 is 2.00 bits per heavy atom. The Bertz CT molecular complexity index is 1300. The fourth-order valence-corrected chi connectivity index (χ4v) is 3.40. The number of ether oxygens (including phenoxy) is 1. The van der Waals surface area contributed by atoms with Gasteiger partial charge in [-0.15, -0.1) is 0 Å². The zero-order chi connectivity index (χ0) is 22.3. The summed E-state index contributed by atoms with van der Waals surface area (Å²) in [5, 5.41) is 6.32. The van der Waals surface area contributed by atoms with Gasteiger partial charge < -0.3 is 10.1 Å². The van der Waals surface area contributed by atoms with Crippen LogP contribution in [0, 0.1) is 0 Å². The first-order chi connectivity index (χ1) is 14.0. The lowest BCUT2D eigenvalue weighted by Gasteiger charge is -2.14. The molecule has 0 aliphatic rings. The average Bonchev–Trinajstić information content (AvgIpc) is 3.04. The van der Waals surface area contributed by atoms with Crippen molar-refractivity contribution in [1.82, 2.24) is 19.3 Å². The van der Waals surface area contributed by atoms with Crippen molar-refractivity contribution in [2.24, 2.45) is 7.05 Å². The Hall–Kier alpha value is -3.42. The van der Waals surface area contributed by atoms with Gasteiger partial charge in [0.2, 0.25) is 5.91 Å². The van der Waals surface area contributed by atoms with E-state index < -0.39 is 38.3 Å². The summed E-state index contributed by atoms with van der Waals surface area (Å²) < 4.78 is 68.9. The largest absolute Gasteiger partial charge is 0.501 e. The van der Waals surface area contributed by atoms with E-state index in [9.17, 15) is 31.2 Å². The Labute approximate surface area is 166 Å². The van der Waals surface area contributed by atoms with Gasteiger partial charge in [0.1, 0.15) is 24.0 Å². The van der Waals surface area contributed by atoms with Crippen molar-refractivity contribution in [3.8, 4) is 5.75 Å². The highest BCUT2D eigenvalue weighted by molar-refractivity contribution is 7.92. The molecule has 10 nitrogen and oxygen atoms in total. The van der Waals surface area contributed by atoms with Crippen LogP contribution in [0.3, 0.4) is 0 Å². The molecule has 3 rings (SSSR count). The van der Waals surface area contributed by atoms with E-state index in [0.717, 1.165) is 17.0 Å². The van der Waals surface area contributed by atoms with Gasteiger partial charge in [0, 0.05) is 7.05 Å². The minimum absolute atomic E-state index is 0.0716. The van der Waals surface area contributed by atoms with E-state index in [4.69, 9.17) is 4.74 Å². The van der Waals surface area contributed by atoms with Gasteiger partial charge in [0.25, 0.3) is 15.4 Å². The average molecular weight is 445 g/mol. The van der Waals surface area contributed by atoms with Crippen LogP contribution in [0.15, 0.2) is 40.4 Å². The number of amides is 1. The van der Waals surface area contributed by atoms with Gasteiger partial charge in [-0.2, -0.15) is 18.3 Å². The van der Waals surface area contributed by atoms with Crippen LogP contribution >= 0.6 is 0 Å². The van der Waals surface area contributed by atoms with E-state index in [2.05, 4.69) is 15.4 Å². The highest BCUT2D eigenvalue weighted by atomic mass is 32.2. The standard InChI is InChI=1S/C16H14F3N5O5S/c1-23-14-10(6-21-23)15(26)24(8-20-14)7-13(25)22-11-5-9(3-4-12(11)29-2)30(27,28)16(17,18)19/h3-6,8H,7H2,1-2H3,(H,22,25). The molecule has 0 fully saturated rings. The van der Waals surface area contributed by atoms with Crippen LogP contribution < -0.4 is 15.6 Å². The number of carbonyl (C=O) groups is 1. The molecule has 0 bridgehead atoms. The monoisotopic (exact) mass is 445 g/mol. The van der Waals surface area contributed by atoms with Crippen LogP contribution in [-0.2, 0) is 28.2 Å². The number of benzene rings is 1. The number of hydrogen-bond donors (Lipinski definition) is 1. The molecule has 1 amide bonds. The number of carbonyl (C=O) groups excluding carboxylic acids is 1. The van der Waals surface area contributed by atoms with Crippen molar-refractivity contribution in [2.75, 3.05) is 12.4 Å². The maximum Gasteiger partial charge on any atom is 0.501 e. The van der Waals surface area contributed by atoms with Crippen molar-refractivity contribution in [3.05, 3.63) is 41.1 Å². The molecule has 0 aliphatic carbocycles. The van der Waals surface area contributed by atoms with Crippen LogP contribution in [0.1, 0.15) is 0 Å². The normalized spacial score (nSPS) is 12.2. The molecule has 0 saturated carbocycles. The Morgan fingerprint density at radius 1 is 1.30 bits per heavy atom. The van der Waals surface area contributed by atoms with Gasteiger partial charge >= 0.3 is 5.51 Å². The van der Waals surface area contributed by atoms with E-state index in [1.54, 1.807) is 7.05 Å². The van der Waals surface area contributed by atoms with E-state index >= 15 is 0 Å². The number of nitrogens with one attached hydrogen (secondary N) is 1. The lowest BCUT2D eigenvalue weighted by Crippen LogP contribution is -2.28. The second kappa shape index (κ2) is 7.44. The first-order valence-corrected chi connectivity index (χ1v) is 9.60. The Morgan fingerprint density at radius 3 is 2.63 bits per heavy atom. The molecule has 0 saturated heterocycles. The molecule has 2 aromatic heterocycles. The number of nitrogens with zero attached hydrogens (tertiary/aromatic N) is 4. The van der Waals surface area contributed by atoms with Crippen LogP contribution in [0.5, 0.6) is 5.75 Å². The molecule has 1 N–H and O–H groups in total. The second-order valence-electron chi connectivity index (χ2n) is 6.04. The van der Waals surface area contributed by atoms with E-state index in [-0.39, 0.29) is 16.8 Å². The third-order valence-corrected chi connectivity index (χ3v) is 5.58. The number of rotatable bonds is 5. The summed E-state index contributed by atoms with van der Waals surface area (Å²) in [5.74, 6) is -0.889. The molecule has 0 spiro atoms. The molecule has 0 unspecified atom stereocenters. The lowest BCUT2D eigenvalue weighted by atomic mass is 10.3. The van der Waals surface area contributed by atoms with Crippen LogP contribution in [0.2, 0.25) is 0 Å². The summed E-state index contributed by atoms with van der Waals surface area (Å²) in [4.78, 5) is 27.7. The minimum atomic E-state index is -5.63. The predicted molar refractivity (Wildman–Crippen MR) is 97.6 cm³/mol. The summed E-state index contributed by atoms with van der Waals surface area (Å²) >= 11 is 0. The Balaban J connectivity index is 1.90. The van der Waals surface area contributed by atoms with Gasteiger partial charge in [-0.25, -0.2) is 13.4 Å².